The minimum absolute atomic E-state index is 0.276. The standard InChI is InChI=1S/C11H16N4O/c1-3-11(2,15-6-4-5-7-15)10-13-9(8-12)16-14-10/h4-7H,3,8,12H2,1-2H3/t11-/m0/s1. The minimum Gasteiger partial charge on any atom is -0.341 e. The van der Waals surface area contributed by atoms with E-state index < -0.39 is 0 Å². The summed E-state index contributed by atoms with van der Waals surface area (Å²) in [5, 5.41) is 4.00. The summed E-state index contributed by atoms with van der Waals surface area (Å²) in [6.45, 7) is 4.45. The van der Waals surface area contributed by atoms with E-state index in [0.29, 0.717) is 11.7 Å². The van der Waals surface area contributed by atoms with Crippen LogP contribution in [0.2, 0.25) is 0 Å². The van der Waals surface area contributed by atoms with Crippen molar-refractivity contribution in [3.63, 3.8) is 0 Å². The Hall–Kier alpha value is -1.62. The van der Waals surface area contributed by atoms with Gasteiger partial charge in [-0.15, -0.1) is 0 Å². The number of hydrogen-bond acceptors (Lipinski definition) is 4. The molecule has 0 amide bonds. The zero-order valence-electron chi connectivity index (χ0n) is 9.55. The van der Waals surface area contributed by atoms with Gasteiger partial charge in [0.2, 0.25) is 5.89 Å². The van der Waals surface area contributed by atoms with Crippen molar-refractivity contribution in [2.45, 2.75) is 32.4 Å². The van der Waals surface area contributed by atoms with Crippen LogP contribution in [-0.4, -0.2) is 14.7 Å². The molecule has 86 valence electrons. The van der Waals surface area contributed by atoms with Crippen LogP contribution in [0.1, 0.15) is 32.0 Å². The highest BCUT2D eigenvalue weighted by atomic mass is 16.5. The fourth-order valence-electron chi connectivity index (χ4n) is 1.68. The van der Waals surface area contributed by atoms with Crippen LogP contribution in [0.5, 0.6) is 0 Å². The number of nitrogens with zero attached hydrogens (tertiary/aromatic N) is 3. The number of nitrogens with two attached hydrogens (primary N) is 1. The fraction of sp³-hybridized carbons (Fsp3) is 0.455. The molecule has 0 aliphatic carbocycles. The summed E-state index contributed by atoms with van der Waals surface area (Å²) >= 11 is 0. The first-order valence-electron chi connectivity index (χ1n) is 5.37. The number of aromatic nitrogens is 3. The lowest BCUT2D eigenvalue weighted by Crippen LogP contribution is -2.31. The highest BCUT2D eigenvalue weighted by Gasteiger charge is 2.31. The molecule has 0 saturated carbocycles. The predicted octanol–water partition coefficient (Wildman–Crippen LogP) is 1.50. The van der Waals surface area contributed by atoms with Gasteiger partial charge in [0.1, 0.15) is 5.54 Å². The third-order valence-electron chi connectivity index (χ3n) is 2.99. The Balaban J connectivity index is 2.41. The summed E-state index contributed by atoms with van der Waals surface area (Å²) in [7, 11) is 0. The van der Waals surface area contributed by atoms with Crippen molar-refractivity contribution in [2.75, 3.05) is 0 Å². The Morgan fingerprint density at radius 2 is 2.12 bits per heavy atom. The SMILES string of the molecule is CC[C@@](C)(c1noc(CN)n1)n1cccc1. The van der Waals surface area contributed by atoms with E-state index in [0.717, 1.165) is 6.42 Å². The van der Waals surface area contributed by atoms with Crippen molar-refractivity contribution in [2.24, 2.45) is 5.73 Å². The largest absolute Gasteiger partial charge is 0.341 e. The number of rotatable bonds is 4. The predicted molar refractivity (Wildman–Crippen MR) is 59.7 cm³/mol. The van der Waals surface area contributed by atoms with E-state index in [1.807, 2.05) is 24.5 Å². The molecule has 2 rings (SSSR count). The molecular formula is C11H16N4O. The number of hydrogen-bond donors (Lipinski definition) is 1. The molecule has 1 atom stereocenters. The van der Waals surface area contributed by atoms with Crippen LogP contribution in [0.3, 0.4) is 0 Å². The molecule has 0 aliphatic rings. The van der Waals surface area contributed by atoms with Crippen LogP contribution in [-0.2, 0) is 12.1 Å². The lowest BCUT2D eigenvalue weighted by atomic mass is 9.98. The zero-order chi connectivity index (χ0) is 11.6. The van der Waals surface area contributed by atoms with Gasteiger partial charge in [-0.05, 0) is 25.5 Å². The van der Waals surface area contributed by atoms with Crippen LogP contribution in [0.15, 0.2) is 29.0 Å². The summed E-state index contributed by atoms with van der Waals surface area (Å²) in [6.07, 6.45) is 4.88. The van der Waals surface area contributed by atoms with Crippen LogP contribution in [0.4, 0.5) is 0 Å². The molecule has 0 unspecified atom stereocenters. The third-order valence-corrected chi connectivity index (χ3v) is 2.99. The molecule has 5 heteroatoms. The Bertz CT molecular complexity index is 448. The molecule has 2 aromatic rings. The second kappa shape index (κ2) is 4.09. The van der Waals surface area contributed by atoms with E-state index in [1.54, 1.807) is 0 Å². The summed E-state index contributed by atoms with van der Waals surface area (Å²) in [4.78, 5) is 4.30. The molecule has 16 heavy (non-hydrogen) atoms. The Morgan fingerprint density at radius 3 is 2.62 bits per heavy atom. The second-order valence-electron chi connectivity index (χ2n) is 3.93. The van der Waals surface area contributed by atoms with Crippen molar-refractivity contribution in [1.29, 1.82) is 0 Å². The smallest absolute Gasteiger partial charge is 0.240 e. The molecular weight excluding hydrogens is 204 g/mol. The van der Waals surface area contributed by atoms with E-state index in [4.69, 9.17) is 10.3 Å². The van der Waals surface area contributed by atoms with Crippen molar-refractivity contribution < 1.29 is 4.52 Å². The highest BCUT2D eigenvalue weighted by Crippen LogP contribution is 2.27. The van der Waals surface area contributed by atoms with Gasteiger partial charge in [0, 0.05) is 12.4 Å². The minimum atomic E-state index is -0.277. The first-order chi connectivity index (χ1) is 7.70. The molecule has 0 fully saturated rings. The van der Waals surface area contributed by atoms with E-state index in [2.05, 4.69) is 28.6 Å². The van der Waals surface area contributed by atoms with Gasteiger partial charge < -0.3 is 14.8 Å². The molecule has 0 bridgehead atoms. The first kappa shape index (κ1) is 10.9. The maximum absolute atomic E-state index is 5.46. The lowest BCUT2D eigenvalue weighted by molar-refractivity contribution is 0.321. The van der Waals surface area contributed by atoms with Gasteiger partial charge in [0.05, 0.1) is 6.54 Å². The van der Waals surface area contributed by atoms with Gasteiger partial charge in [0.15, 0.2) is 5.82 Å². The topological polar surface area (TPSA) is 69.9 Å². The van der Waals surface area contributed by atoms with Crippen molar-refractivity contribution in [3.8, 4) is 0 Å². The van der Waals surface area contributed by atoms with Crippen LogP contribution < -0.4 is 5.73 Å². The van der Waals surface area contributed by atoms with Gasteiger partial charge in [-0.2, -0.15) is 4.98 Å². The molecule has 2 heterocycles. The maximum Gasteiger partial charge on any atom is 0.240 e. The Kier molecular flexibility index (Phi) is 2.78. The summed E-state index contributed by atoms with van der Waals surface area (Å²) in [5.74, 6) is 1.15. The molecule has 0 saturated heterocycles. The lowest BCUT2D eigenvalue weighted by Gasteiger charge is -2.26. The Morgan fingerprint density at radius 1 is 1.44 bits per heavy atom. The maximum atomic E-state index is 5.46. The molecule has 5 nitrogen and oxygen atoms in total. The van der Waals surface area contributed by atoms with E-state index in [1.165, 1.54) is 0 Å². The summed E-state index contributed by atoms with van der Waals surface area (Å²) in [6, 6.07) is 3.97. The summed E-state index contributed by atoms with van der Waals surface area (Å²) in [5.41, 5.74) is 5.19. The van der Waals surface area contributed by atoms with Gasteiger partial charge in [-0.25, -0.2) is 0 Å². The average molecular weight is 220 g/mol. The molecule has 0 aliphatic heterocycles. The summed E-state index contributed by atoms with van der Waals surface area (Å²) < 4.78 is 7.14. The molecule has 0 radical (unpaired) electrons. The monoisotopic (exact) mass is 220 g/mol. The zero-order valence-corrected chi connectivity index (χ0v) is 9.55. The van der Waals surface area contributed by atoms with Crippen molar-refractivity contribution in [1.82, 2.24) is 14.7 Å². The molecule has 0 aromatic carbocycles. The first-order valence-corrected chi connectivity index (χ1v) is 5.37. The molecule has 2 N–H and O–H groups in total. The van der Waals surface area contributed by atoms with Gasteiger partial charge in [-0.3, -0.25) is 0 Å². The van der Waals surface area contributed by atoms with Crippen molar-refractivity contribution in [3.05, 3.63) is 36.2 Å². The van der Waals surface area contributed by atoms with Crippen LogP contribution >= 0.6 is 0 Å². The quantitative estimate of drug-likeness (QED) is 0.847. The van der Waals surface area contributed by atoms with E-state index in [9.17, 15) is 0 Å². The van der Waals surface area contributed by atoms with Crippen LogP contribution in [0.25, 0.3) is 0 Å². The van der Waals surface area contributed by atoms with Gasteiger partial charge >= 0.3 is 0 Å². The van der Waals surface area contributed by atoms with Crippen LogP contribution in [0, 0.1) is 0 Å². The molecule has 2 aromatic heterocycles. The van der Waals surface area contributed by atoms with E-state index >= 15 is 0 Å². The van der Waals surface area contributed by atoms with Crippen molar-refractivity contribution >= 4 is 0 Å². The second-order valence-corrected chi connectivity index (χ2v) is 3.93. The highest BCUT2D eigenvalue weighted by molar-refractivity contribution is 5.09. The van der Waals surface area contributed by atoms with E-state index in [-0.39, 0.29) is 12.1 Å². The third kappa shape index (κ3) is 1.63. The molecule has 0 spiro atoms. The normalized spacial score (nSPS) is 14.9. The van der Waals surface area contributed by atoms with Gasteiger partial charge in [-0.1, -0.05) is 12.1 Å². The van der Waals surface area contributed by atoms with Gasteiger partial charge in [0.25, 0.3) is 0 Å². The Labute approximate surface area is 94.3 Å². The fourth-order valence-corrected chi connectivity index (χ4v) is 1.68. The average Bonchev–Trinajstić information content (AvgIpc) is 2.98.